The molecule has 3 aromatic rings. The fourth-order valence-electron chi connectivity index (χ4n) is 4.99. The number of hydrogen-bond acceptors (Lipinski definition) is 4. The number of carbonyl (C=O) groups excluding carboxylic acids is 2. The predicted molar refractivity (Wildman–Crippen MR) is 134 cm³/mol. The van der Waals surface area contributed by atoms with Crippen LogP contribution in [0.5, 0.6) is 0 Å². The smallest absolute Gasteiger partial charge is 0.407 e. The molecule has 34 heavy (non-hydrogen) atoms. The zero-order chi connectivity index (χ0) is 24.0. The van der Waals surface area contributed by atoms with E-state index in [1.54, 1.807) is 0 Å². The average molecular weight is 525 g/mol. The van der Waals surface area contributed by atoms with Gasteiger partial charge in [0, 0.05) is 16.6 Å². The van der Waals surface area contributed by atoms with Gasteiger partial charge < -0.3 is 19.9 Å². The molecule has 0 radical (unpaired) electrons. The minimum absolute atomic E-state index is 0.0622. The number of H-pyrrole nitrogens is 1. The number of nitrogens with zero attached hydrogens (tertiary/aromatic N) is 2. The summed E-state index contributed by atoms with van der Waals surface area (Å²) in [6.45, 7) is 4.56. The van der Waals surface area contributed by atoms with Gasteiger partial charge >= 0.3 is 6.09 Å². The lowest BCUT2D eigenvalue weighted by Crippen LogP contribution is -2.51. The third-order valence-corrected chi connectivity index (χ3v) is 7.66. The highest BCUT2D eigenvalue weighted by molar-refractivity contribution is 9.10. The molecule has 1 saturated heterocycles. The first-order valence-corrected chi connectivity index (χ1v) is 12.5. The van der Waals surface area contributed by atoms with Gasteiger partial charge in [-0.15, -0.1) is 0 Å². The molecule has 2 N–H and O–H groups in total. The Kier molecular flexibility index (Phi) is 5.88. The van der Waals surface area contributed by atoms with Gasteiger partial charge in [0.15, 0.2) is 0 Å². The monoisotopic (exact) mass is 524 g/mol. The van der Waals surface area contributed by atoms with E-state index in [1.165, 1.54) is 12.5 Å². The van der Waals surface area contributed by atoms with Gasteiger partial charge in [-0.05, 0) is 59.6 Å². The highest BCUT2D eigenvalue weighted by Crippen LogP contribution is 2.58. The standard InChI is InChI=1S/C26H29BrN4O3/c1-15(2)22(30-25(33)34-3)24(32)31-14-26(8-9-26)12-21(31)23-28-13-20(29-23)18-5-4-17-11-19(27)7-6-16(17)10-18/h4-7,10-11,13,15,21-22H,8-9,12,14H2,1-3H3,(H,28,29)(H,30,33)/t21-,22-/m0/s1. The van der Waals surface area contributed by atoms with Gasteiger partial charge in [-0.2, -0.15) is 0 Å². The normalized spacial score (nSPS) is 19.6. The number of imidazole rings is 1. The van der Waals surface area contributed by atoms with Crippen molar-refractivity contribution < 1.29 is 14.3 Å². The van der Waals surface area contributed by atoms with E-state index < -0.39 is 12.1 Å². The summed E-state index contributed by atoms with van der Waals surface area (Å²) < 4.78 is 5.81. The Morgan fingerprint density at radius 2 is 1.94 bits per heavy atom. The largest absolute Gasteiger partial charge is 0.453 e. The van der Waals surface area contributed by atoms with E-state index in [9.17, 15) is 9.59 Å². The van der Waals surface area contributed by atoms with E-state index in [4.69, 9.17) is 9.72 Å². The summed E-state index contributed by atoms with van der Waals surface area (Å²) in [6.07, 6.45) is 4.39. The first-order chi connectivity index (χ1) is 16.3. The van der Waals surface area contributed by atoms with Crippen molar-refractivity contribution in [3.05, 3.63) is 52.9 Å². The number of carbonyl (C=O) groups is 2. The molecular formula is C26H29BrN4O3. The number of fused-ring (bicyclic) bond motifs is 1. The Balaban J connectivity index is 1.43. The maximum absolute atomic E-state index is 13.6. The van der Waals surface area contributed by atoms with Crippen molar-refractivity contribution in [2.45, 2.75) is 45.2 Å². The summed E-state index contributed by atoms with van der Waals surface area (Å²) in [5.41, 5.74) is 2.16. The third-order valence-electron chi connectivity index (χ3n) is 7.16. The van der Waals surface area contributed by atoms with Crippen LogP contribution in [0.25, 0.3) is 22.0 Å². The van der Waals surface area contributed by atoms with E-state index in [0.29, 0.717) is 6.54 Å². The second kappa shape index (κ2) is 8.73. The lowest BCUT2D eigenvalue weighted by atomic mass is 10.0. The van der Waals surface area contributed by atoms with Crippen LogP contribution < -0.4 is 5.32 Å². The molecular weight excluding hydrogens is 496 g/mol. The average Bonchev–Trinajstić information content (AvgIpc) is 3.23. The first-order valence-electron chi connectivity index (χ1n) is 11.7. The van der Waals surface area contributed by atoms with Crippen LogP contribution >= 0.6 is 15.9 Å². The van der Waals surface area contributed by atoms with E-state index >= 15 is 0 Å². The Bertz CT molecular complexity index is 1250. The number of alkyl carbamates (subject to hydrolysis) is 1. The second-order valence-corrected chi connectivity index (χ2v) is 10.8. The molecule has 178 valence electrons. The number of nitrogens with one attached hydrogen (secondary N) is 2. The molecule has 2 amide bonds. The number of ether oxygens (including phenoxy) is 1. The van der Waals surface area contributed by atoms with Crippen LogP contribution in [-0.4, -0.2) is 46.6 Å². The number of aromatic nitrogens is 2. The maximum Gasteiger partial charge on any atom is 0.407 e. The molecule has 1 saturated carbocycles. The highest BCUT2D eigenvalue weighted by atomic mass is 79.9. The van der Waals surface area contributed by atoms with Crippen molar-refractivity contribution in [2.75, 3.05) is 13.7 Å². The van der Waals surface area contributed by atoms with Crippen LogP contribution in [0.1, 0.15) is 45.0 Å². The van der Waals surface area contributed by atoms with Gasteiger partial charge in [-0.3, -0.25) is 4.79 Å². The summed E-state index contributed by atoms with van der Waals surface area (Å²) in [5.74, 6) is 0.653. The van der Waals surface area contributed by atoms with E-state index in [-0.39, 0.29) is 23.3 Å². The topological polar surface area (TPSA) is 87.3 Å². The Labute approximate surface area is 207 Å². The van der Waals surface area contributed by atoms with Crippen molar-refractivity contribution in [3.8, 4) is 11.3 Å². The number of methoxy groups -OCH3 is 1. The molecule has 0 bridgehead atoms. The fraction of sp³-hybridized carbons (Fsp3) is 0.423. The molecule has 2 aromatic carbocycles. The van der Waals surface area contributed by atoms with Gasteiger partial charge in [0.25, 0.3) is 0 Å². The third kappa shape index (κ3) is 4.31. The number of likely N-dealkylation sites (tertiary alicyclic amines) is 1. The number of benzene rings is 2. The summed E-state index contributed by atoms with van der Waals surface area (Å²) in [7, 11) is 1.31. The zero-order valence-corrected chi connectivity index (χ0v) is 21.2. The quantitative estimate of drug-likeness (QED) is 0.466. The molecule has 2 aliphatic rings. The molecule has 8 heteroatoms. The number of halogens is 1. The lowest BCUT2D eigenvalue weighted by molar-refractivity contribution is -0.135. The van der Waals surface area contributed by atoms with Crippen molar-refractivity contribution in [1.82, 2.24) is 20.2 Å². The van der Waals surface area contributed by atoms with Crippen molar-refractivity contribution in [3.63, 3.8) is 0 Å². The molecule has 0 unspecified atom stereocenters. The van der Waals surface area contributed by atoms with Gasteiger partial charge in [-0.1, -0.05) is 48.0 Å². The SMILES string of the molecule is COC(=O)N[C@H](C(=O)N1CC2(CC2)C[C@H]1c1ncc(-c2ccc3cc(Br)ccc3c2)[nH]1)C(C)C. The molecule has 5 rings (SSSR count). The molecule has 1 aliphatic carbocycles. The second-order valence-electron chi connectivity index (χ2n) is 9.93. The summed E-state index contributed by atoms with van der Waals surface area (Å²) >= 11 is 3.53. The van der Waals surface area contributed by atoms with Crippen LogP contribution in [0.15, 0.2) is 47.1 Å². The van der Waals surface area contributed by atoms with Gasteiger partial charge in [0.2, 0.25) is 5.91 Å². The Hall–Kier alpha value is -2.87. The van der Waals surface area contributed by atoms with E-state index in [1.807, 2.05) is 31.0 Å². The summed E-state index contributed by atoms with van der Waals surface area (Å²) in [4.78, 5) is 35.6. The number of amides is 2. The van der Waals surface area contributed by atoms with Gasteiger partial charge in [-0.25, -0.2) is 9.78 Å². The number of aromatic amines is 1. The molecule has 2 fully saturated rings. The van der Waals surface area contributed by atoms with Crippen LogP contribution in [0.4, 0.5) is 4.79 Å². The fourth-order valence-corrected chi connectivity index (χ4v) is 5.36. The number of rotatable bonds is 5. The predicted octanol–water partition coefficient (Wildman–Crippen LogP) is 5.43. The Morgan fingerprint density at radius 3 is 2.65 bits per heavy atom. The highest BCUT2D eigenvalue weighted by Gasteiger charge is 2.55. The molecule has 1 aliphatic heterocycles. The van der Waals surface area contributed by atoms with Crippen LogP contribution in [-0.2, 0) is 9.53 Å². The molecule has 2 heterocycles. The van der Waals surface area contributed by atoms with Crippen LogP contribution in [0, 0.1) is 11.3 Å². The van der Waals surface area contributed by atoms with E-state index in [2.05, 4.69) is 56.6 Å². The Morgan fingerprint density at radius 1 is 1.21 bits per heavy atom. The number of hydrogen-bond donors (Lipinski definition) is 2. The minimum Gasteiger partial charge on any atom is -0.453 e. The van der Waals surface area contributed by atoms with Gasteiger partial charge in [0.1, 0.15) is 11.9 Å². The van der Waals surface area contributed by atoms with E-state index in [0.717, 1.165) is 46.2 Å². The minimum atomic E-state index is -0.641. The van der Waals surface area contributed by atoms with Crippen molar-refractivity contribution in [1.29, 1.82) is 0 Å². The molecule has 1 spiro atoms. The van der Waals surface area contributed by atoms with Gasteiger partial charge in [0.05, 0.1) is 25.0 Å². The summed E-state index contributed by atoms with van der Waals surface area (Å²) in [6, 6.07) is 11.8. The molecule has 1 aromatic heterocycles. The molecule has 7 nitrogen and oxygen atoms in total. The molecule has 2 atom stereocenters. The first kappa shape index (κ1) is 22.9. The van der Waals surface area contributed by atoms with Crippen LogP contribution in [0.2, 0.25) is 0 Å². The summed E-state index contributed by atoms with van der Waals surface area (Å²) in [5, 5.41) is 5.05. The van der Waals surface area contributed by atoms with Crippen LogP contribution in [0.3, 0.4) is 0 Å². The lowest BCUT2D eigenvalue weighted by Gasteiger charge is -2.30. The van der Waals surface area contributed by atoms with Crippen molar-refractivity contribution in [2.24, 2.45) is 11.3 Å². The maximum atomic E-state index is 13.6. The van der Waals surface area contributed by atoms with Crippen molar-refractivity contribution >= 4 is 38.7 Å². The zero-order valence-electron chi connectivity index (χ0n) is 19.6.